The zero-order valence-corrected chi connectivity index (χ0v) is 10.6. The SMILES string of the molecule is NC(=O)NCCNC(=O)N[C@H](C(=O)O)c1ccccc1. The topological polar surface area (TPSA) is 134 Å². The number of hydrogen-bond acceptors (Lipinski definition) is 3. The van der Waals surface area contributed by atoms with E-state index in [0.29, 0.717) is 5.56 Å². The summed E-state index contributed by atoms with van der Waals surface area (Å²) in [5, 5.41) is 16.1. The standard InChI is InChI=1S/C12H16N4O4/c13-11(19)14-6-7-15-12(20)16-9(10(17)18)8-4-2-1-3-5-8/h1-5,9H,6-7H2,(H,17,18)(H3,13,14,19)(H2,15,16,20)/t9-/m0/s1. The fraction of sp³-hybridized carbons (Fsp3) is 0.250. The van der Waals surface area contributed by atoms with Gasteiger partial charge in [0.05, 0.1) is 0 Å². The van der Waals surface area contributed by atoms with Crippen molar-refractivity contribution >= 4 is 18.0 Å². The molecule has 20 heavy (non-hydrogen) atoms. The molecule has 0 bridgehead atoms. The summed E-state index contributed by atoms with van der Waals surface area (Å²) in [5.41, 5.74) is 5.31. The first-order valence-corrected chi connectivity index (χ1v) is 5.86. The van der Waals surface area contributed by atoms with Gasteiger partial charge in [-0.3, -0.25) is 0 Å². The number of benzene rings is 1. The molecule has 0 aromatic heterocycles. The summed E-state index contributed by atoms with van der Waals surface area (Å²) < 4.78 is 0. The third kappa shape index (κ3) is 5.25. The molecule has 6 N–H and O–H groups in total. The van der Waals surface area contributed by atoms with Crippen LogP contribution in [-0.4, -0.2) is 36.2 Å². The molecule has 0 radical (unpaired) electrons. The molecule has 1 aromatic rings. The second kappa shape index (κ2) is 7.62. The summed E-state index contributed by atoms with van der Waals surface area (Å²) in [6, 6.07) is 5.84. The Morgan fingerprint density at radius 3 is 2.25 bits per heavy atom. The van der Waals surface area contributed by atoms with E-state index in [2.05, 4.69) is 16.0 Å². The van der Waals surface area contributed by atoms with Crippen LogP contribution >= 0.6 is 0 Å². The quantitative estimate of drug-likeness (QED) is 0.460. The molecule has 108 valence electrons. The predicted octanol–water partition coefficient (Wildman–Crippen LogP) is -0.220. The molecule has 1 atom stereocenters. The Morgan fingerprint density at radius 1 is 1.10 bits per heavy atom. The number of aliphatic carboxylic acids is 1. The van der Waals surface area contributed by atoms with Gasteiger partial charge in [0.2, 0.25) is 0 Å². The first-order valence-electron chi connectivity index (χ1n) is 5.86. The van der Waals surface area contributed by atoms with E-state index in [0.717, 1.165) is 0 Å². The summed E-state index contributed by atoms with van der Waals surface area (Å²) in [6.07, 6.45) is 0. The molecule has 8 nitrogen and oxygen atoms in total. The molecule has 0 saturated heterocycles. The third-order valence-electron chi connectivity index (χ3n) is 2.37. The number of rotatable bonds is 6. The van der Waals surface area contributed by atoms with Gasteiger partial charge in [-0.25, -0.2) is 14.4 Å². The van der Waals surface area contributed by atoms with Crippen molar-refractivity contribution in [2.75, 3.05) is 13.1 Å². The number of nitrogens with one attached hydrogen (secondary N) is 3. The van der Waals surface area contributed by atoms with Crippen LogP contribution in [0, 0.1) is 0 Å². The van der Waals surface area contributed by atoms with Crippen LogP contribution in [0.4, 0.5) is 9.59 Å². The number of primary amides is 1. The molecule has 0 heterocycles. The van der Waals surface area contributed by atoms with Crippen molar-refractivity contribution in [3.63, 3.8) is 0 Å². The average Bonchev–Trinajstić information content (AvgIpc) is 2.41. The molecule has 0 aliphatic heterocycles. The van der Waals surface area contributed by atoms with Crippen molar-refractivity contribution < 1.29 is 19.5 Å². The van der Waals surface area contributed by atoms with Crippen LogP contribution in [0.2, 0.25) is 0 Å². The minimum atomic E-state index is -1.17. The number of nitrogens with two attached hydrogens (primary N) is 1. The lowest BCUT2D eigenvalue weighted by Crippen LogP contribution is -2.44. The number of carbonyl (C=O) groups is 3. The smallest absolute Gasteiger partial charge is 0.330 e. The highest BCUT2D eigenvalue weighted by atomic mass is 16.4. The van der Waals surface area contributed by atoms with Crippen LogP contribution in [0.1, 0.15) is 11.6 Å². The Hall–Kier alpha value is -2.77. The Balaban J connectivity index is 2.48. The summed E-state index contributed by atoms with van der Waals surface area (Å²) in [4.78, 5) is 33.1. The molecule has 0 fully saturated rings. The van der Waals surface area contributed by atoms with Crippen LogP contribution in [0.3, 0.4) is 0 Å². The molecule has 0 aliphatic carbocycles. The minimum absolute atomic E-state index is 0.135. The number of urea groups is 2. The normalized spacial score (nSPS) is 11.2. The highest BCUT2D eigenvalue weighted by Crippen LogP contribution is 2.12. The van der Waals surface area contributed by atoms with Crippen molar-refractivity contribution in [2.24, 2.45) is 5.73 Å². The molecule has 4 amide bonds. The molecule has 0 aliphatic rings. The summed E-state index contributed by atoms with van der Waals surface area (Å²) in [5.74, 6) is -1.17. The maximum absolute atomic E-state index is 11.5. The van der Waals surface area contributed by atoms with Crippen molar-refractivity contribution in [1.29, 1.82) is 0 Å². The lowest BCUT2D eigenvalue weighted by Gasteiger charge is -2.15. The van der Waals surface area contributed by atoms with Crippen LogP contribution in [-0.2, 0) is 4.79 Å². The van der Waals surface area contributed by atoms with E-state index in [1.807, 2.05) is 0 Å². The maximum Gasteiger partial charge on any atom is 0.330 e. The average molecular weight is 280 g/mol. The number of carboxylic acids is 1. The van der Waals surface area contributed by atoms with E-state index >= 15 is 0 Å². The lowest BCUT2D eigenvalue weighted by atomic mass is 10.1. The van der Waals surface area contributed by atoms with E-state index in [9.17, 15) is 14.4 Å². The van der Waals surface area contributed by atoms with Crippen LogP contribution < -0.4 is 21.7 Å². The van der Waals surface area contributed by atoms with Gasteiger partial charge in [-0.15, -0.1) is 0 Å². The van der Waals surface area contributed by atoms with Gasteiger partial charge < -0.3 is 26.8 Å². The van der Waals surface area contributed by atoms with E-state index in [1.54, 1.807) is 30.3 Å². The summed E-state index contributed by atoms with van der Waals surface area (Å²) >= 11 is 0. The van der Waals surface area contributed by atoms with Crippen LogP contribution in [0.15, 0.2) is 30.3 Å². The fourth-order valence-electron chi connectivity index (χ4n) is 1.48. The van der Waals surface area contributed by atoms with Gasteiger partial charge in [0.15, 0.2) is 6.04 Å². The van der Waals surface area contributed by atoms with Gasteiger partial charge >= 0.3 is 18.0 Å². The second-order valence-electron chi connectivity index (χ2n) is 3.87. The van der Waals surface area contributed by atoms with E-state index in [-0.39, 0.29) is 13.1 Å². The highest BCUT2D eigenvalue weighted by Gasteiger charge is 2.21. The number of amides is 4. The van der Waals surface area contributed by atoms with E-state index < -0.39 is 24.1 Å². The molecular weight excluding hydrogens is 264 g/mol. The predicted molar refractivity (Wildman–Crippen MR) is 70.9 cm³/mol. The highest BCUT2D eigenvalue weighted by molar-refractivity contribution is 5.83. The first-order chi connectivity index (χ1) is 9.50. The molecule has 0 saturated carbocycles. The van der Waals surface area contributed by atoms with Gasteiger partial charge in [-0.1, -0.05) is 30.3 Å². The Bertz CT molecular complexity index is 478. The van der Waals surface area contributed by atoms with Crippen molar-refractivity contribution in [1.82, 2.24) is 16.0 Å². The summed E-state index contributed by atoms with van der Waals surface area (Å²) in [6.45, 7) is 0.293. The van der Waals surface area contributed by atoms with Gasteiger partial charge in [0, 0.05) is 13.1 Å². The number of hydrogen-bond donors (Lipinski definition) is 5. The Labute approximate surface area is 115 Å². The van der Waals surface area contributed by atoms with E-state index in [1.165, 1.54) is 0 Å². The monoisotopic (exact) mass is 280 g/mol. The zero-order valence-electron chi connectivity index (χ0n) is 10.6. The zero-order chi connectivity index (χ0) is 15.0. The van der Waals surface area contributed by atoms with E-state index in [4.69, 9.17) is 10.8 Å². The first kappa shape index (κ1) is 15.3. The molecule has 0 spiro atoms. The van der Waals surface area contributed by atoms with Crippen LogP contribution in [0.5, 0.6) is 0 Å². The summed E-state index contributed by atoms with van der Waals surface area (Å²) in [7, 11) is 0. The van der Waals surface area contributed by atoms with Crippen LogP contribution in [0.25, 0.3) is 0 Å². The van der Waals surface area contributed by atoms with Gasteiger partial charge in [-0.2, -0.15) is 0 Å². The minimum Gasteiger partial charge on any atom is -0.479 e. The van der Waals surface area contributed by atoms with Crippen molar-refractivity contribution in [2.45, 2.75) is 6.04 Å². The second-order valence-corrected chi connectivity index (χ2v) is 3.87. The lowest BCUT2D eigenvalue weighted by molar-refractivity contribution is -0.139. The molecule has 0 unspecified atom stereocenters. The van der Waals surface area contributed by atoms with Gasteiger partial charge in [-0.05, 0) is 5.56 Å². The number of carboxylic acid groups (broad SMARTS) is 1. The van der Waals surface area contributed by atoms with Gasteiger partial charge in [0.25, 0.3) is 0 Å². The maximum atomic E-state index is 11.5. The Morgan fingerprint density at radius 2 is 1.70 bits per heavy atom. The fourth-order valence-corrected chi connectivity index (χ4v) is 1.48. The third-order valence-corrected chi connectivity index (χ3v) is 2.37. The van der Waals surface area contributed by atoms with Crippen molar-refractivity contribution in [3.8, 4) is 0 Å². The molecule has 8 heteroatoms. The Kier molecular flexibility index (Phi) is 5.82. The van der Waals surface area contributed by atoms with Gasteiger partial charge in [0.1, 0.15) is 0 Å². The largest absolute Gasteiger partial charge is 0.479 e. The molecular formula is C12H16N4O4. The number of carbonyl (C=O) groups excluding carboxylic acids is 2. The molecule has 1 aromatic carbocycles. The molecule has 1 rings (SSSR count). The van der Waals surface area contributed by atoms with Crippen molar-refractivity contribution in [3.05, 3.63) is 35.9 Å².